The third-order valence-electron chi connectivity index (χ3n) is 4.34. The summed E-state index contributed by atoms with van der Waals surface area (Å²) in [5, 5.41) is 21.0. The van der Waals surface area contributed by atoms with Gasteiger partial charge in [0.05, 0.1) is 21.8 Å². The summed E-state index contributed by atoms with van der Waals surface area (Å²) in [6.45, 7) is 3.49. The number of tetrazole rings is 1. The first-order valence-corrected chi connectivity index (χ1v) is 12.0. The van der Waals surface area contributed by atoms with E-state index in [1.807, 2.05) is 0 Å². The Morgan fingerprint density at radius 1 is 1.03 bits per heavy atom. The maximum Gasteiger partial charge on any atom is 0.335 e. The van der Waals surface area contributed by atoms with Crippen LogP contribution in [-0.4, -0.2) is 56.5 Å². The van der Waals surface area contributed by atoms with E-state index in [1.165, 1.54) is 28.6 Å². The second-order valence-electron chi connectivity index (χ2n) is 7.43. The fourth-order valence-corrected chi connectivity index (χ4v) is 4.60. The first-order chi connectivity index (χ1) is 14.5. The number of ketones is 1. The van der Waals surface area contributed by atoms with Gasteiger partial charge < -0.3 is 5.11 Å². The molecule has 0 spiro atoms. The number of aromatic carboxylic acids is 1. The van der Waals surface area contributed by atoms with Gasteiger partial charge in [-0.05, 0) is 54.1 Å². The van der Waals surface area contributed by atoms with E-state index in [0.717, 1.165) is 6.26 Å². The summed E-state index contributed by atoms with van der Waals surface area (Å²) < 4.78 is 23.4. The van der Waals surface area contributed by atoms with E-state index in [1.54, 1.807) is 50.2 Å². The van der Waals surface area contributed by atoms with Crippen LogP contribution in [0.15, 0.2) is 53.7 Å². The molecule has 0 bridgehead atoms. The second kappa shape index (κ2) is 8.60. The molecule has 9 nitrogen and oxygen atoms in total. The molecule has 162 valence electrons. The van der Waals surface area contributed by atoms with Gasteiger partial charge in [0, 0.05) is 11.8 Å². The molecule has 0 atom stereocenters. The van der Waals surface area contributed by atoms with Crippen LogP contribution in [0.25, 0.3) is 5.69 Å². The third kappa shape index (κ3) is 5.56. The second-order valence-corrected chi connectivity index (χ2v) is 11.2. The van der Waals surface area contributed by atoms with Gasteiger partial charge in [-0.25, -0.2) is 13.2 Å². The number of Topliss-reactive ketones (excluding diaryl/α,β-unsaturated/α-hetero) is 1. The van der Waals surface area contributed by atoms with Crippen molar-refractivity contribution in [1.29, 1.82) is 0 Å². The highest BCUT2D eigenvalue weighted by Crippen LogP contribution is 2.34. The van der Waals surface area contributed by atoms with Crippen LogP contribution in [0.5, 0.6) is 0 Å². The van der Waals surface area contributed by atoms with E-state index < -0.39 is 20.6 Å². The summed E-state index contributed by atoms with van der Waals surface area (Å²) in [5.74, 6) is -1.29. The highest BCUT2D eigenvalue weighted by Gasteiger charge is 2.32. The number of sulfone groups is 1. The molecule has 0 aliphatic carbocycles. The fourth-order valence-electron chi connectivity index (χ4n) is 2.83. The van der Waals surface area contributed by atoms with Crippen LogP contribution in [-0.2, 0) is 15.6 Å². The van der Waals surface area contributed by atoms with Gasteiger partial charge in [-0.3, -0.25) is 4.79 Å². The van der Waals surface area contributed by atoms with Gasteiger partial charge in [0.1, 0.15) is 0 Å². The molecule has 1 heterocycles. The normalized spacial score (nSPS) is 12.0. The van der Waals surface area contributed by atoms with E-state index in [4.69, 9.17) is 5.11 Å². The number of benzene rings is 2. The first-order valence-electron chi connectivity index (χ1n) is 9.09. The van der Waals surface area contributed by atoms with Crippen molar-refractivity contribution in [3.8, 4) is 5.69 Å². The molecule has 3 rings (SSSR count). The average Bonchev–Trinajstić information content (AvgIpc) is 3.14. The fraction of sp³-hybridized carbons (Fsp3) is 0.250. The van der Waals surface area contributed by atoms with Crippen LogP contribution in [0, 0.1) is 0 Å². The summed E-state index contributed by atoms with van der Waals surface area (Å²) in [6, 6.07) is 12.5. The minimum Gasteiger partial charge on any atom is -0.478 e. The van der Waals surface area contributed by atoms with Crippen molar-refractivity contribution < 1.29 is 23.1 Å². The van der Waals surface area contributed by atoms with Crippen LogP contribution in [0.1, 0.15) is 40.1 Å². The van der Waals surface area contributed by atoms with Crippen molar-refractivity contribution in [1.82, 2.24) is 20.2 Å². The molecule has 0 aliphatic heterocycles. The van der Waals surface area contributed by atoms with Gasteiger partial charge in [0.15, 0.2) is 15.6 Å². The largest absolute Gasteiger partial charge is 0.478 e. The summed E-state index contributed by atoms with van der Waals surface area (Å²) >= 11 is 1.17. The monoisotopic (exact) mass is 460 g/mol. The Balaban J connectivity index is 1.80. The molecule has 0 unspecified atom stereocenters. The van der Waals surface area contributed by atoms with Crippen molar-refractivity contribution >= 4 is 33.4 Å². The number of carbonyl (C=O) groups is 2. The van der Waals surface area contributed by atoms with Gasteiger partial charge in [0.25, 0.3) is 0 Å². The third-order valence-corrected chi connectivity index (χ3v) is 6.33. The number of hydrogen-bond donors (Lipinski definition) is 1. The molecule has 11 heteroatoms. The highest BCUT2D eigenvalue weighted by molar-refractivity contribution is 8.01. The van der Waals surface area contributed by atoms with Crippen molar-refractivity contribution in [2.75, 3.05) is 6.26 Å². The molecule has 0 saturated carbocycles. The lowest BCUT2D eigenvalue weighted by molar-refractivity contribution is 0.0696. The lowest BCUT2D eigenvalue weighted by atomic mass is 9.99. The Hall–Kier alpha value is -3.05. The number of carbonyl (C=O) groups excluding carboxylic acids is 1. The summed E-state index contributed by atoms with van der Waals surface area (Å²) in [5.41, 5.74) is 1.75. The number of nitrogens with zero attached hydrogens (tertiary/aromatic N) is 4. The Bertz CT molecular complexity index is 1220. The Morgan fingerprint density at radius 3 is 2.16 bits per heavy atom. The van der Waals surface area contributed by atoms with Gasteiger partial charge >= 0.3 is 5.97 Å². The highest BCUT2D eigenvalue weighted by atomic mass is 32.2. The van der Waals surface area contributed by atoms with Crippen LogP contribution in [0.2, 0.25) is 0 Å². The van der Waals surface area contributed by atoms with E-state index >= 15 is 0 Å². The van der Waals surface area contributed by atoms with Crippen LogP contribution >= 0.6 is 11.8 Å². The predicted molar refractivity (Wildman–Crippen MR) is 115 cm³/mol. The SMILES string of the molecule is CC(C)(Sc1nnnn1-c1ccc(C(=O)O)cc1)C(=O)c1ccc(CS(C)(=O)=O)cc1. The van der Waals surface area contributed by atoms with Crippen molar-refractivity contribution in [3.63, 3.8) is 0 Å². The minimum atomic E-state index is -3.16. The van der Waals surface area contributed by atoms with Crippen LogP contribution in [0.4, 0.5) is 0 Å². The summed E-state index contributed by atoms with van der Waals surface area (Å²) in [4.78, 5) is 24.1. The quantitative estimate of drug-likeness (QED) is 0.398. The first kappa shape index (κ1) is 22.6. The topological polar surface area (TPSA) is 132 Å². The van der Waals surface area contributed by atoms with Crippen molar-refractivity contribution in [2.24, 2.45) is 0 Å². The molecule has 0 aliphatic rings. The number of aromatic nitrogens is 4. The standard InChI is InChI=1S/C20H20N4O5S2/c1-20(2,17(25)14-6-4-13(5-7-14)12-31(3,28)29)30-19-21-22-23-24(19)16-10-8-15(9-11-16)18(26)27/h4-11H,12H2,1-3H3,(H,26,27). The molecule has 0 fully saturated rings. The van der Waals surface area contributed by atoms with E-state index in [2.05, 4.69) is 15.5 Å². The number of carboxylic acids is 1. The number of hydrogen-bond acceptors (Lipinski definition) is 8. The van der Waals surface area contributed by atoms with Gasteiger partial charge in [-0.1, -0.05) is 36.0 Å². The van der Waals surface area contributed by atoms with E-state index in [9.17, 15) is 18.0 Å². The number of thioether (sulfide) groups is 1. The minimum absolute atomic E-state index is 0.0882. The van der Waals surface area contributed by atoms with Gasteiger partial charge in [0.2, 0.25) is 5.16 Å². The van der Waals surface area contributed by atoms with Crippen molar-refractivity contribution in [3.05, 3.63) is 65.2 Å². The molecule has 0 saturated heterocycles. The molecule has 2 aromatic carbocycles. The molecule has 3 aromatic rings. The molecule has 1 aromatic heterocycles. The van der Waals surface area contributed by atoms with Gasteiger partial charge in [-0.2, -0.15) is 4.68 Å². The van der Waals surface area contributed by atoms with Gasteiger partial charge in [-0.15, -0.1) is 5.10 Å². The number of rotatable bonds is 8. The summed E-state index contributed by atoms with van der Waals surface area (Å²) in [7, 11) is -3.16. The molecular weight excluding hydrogens is 440 g/mol. The smallest absolute Gasteiger partial charge is 0.335 e. The Kier molecular flexibility index (Phi) is 6.27. The lowest BCUT2D eigenvalue weighted by Gasteiger charge is -2.21. The maximum atomic E-state index is 13.1. The molecule has 31 heavy (non-hydrogen) atoms. The predicted octanol–water partition coefficient (Wildman–Crippen LogP) is 2.66. The van der Waals surface area contributed by atoms with Crippen LogP contribution in [0.3, 0.4) is 0 Å². The van der Waals surface area contributed by atoms with E-state index in [-0.39, 0.29) is 17.1 Å². The van der Waals surface area contributed by atoms with E-state index in [0.29, 0.717) is 22.0 Å². The summed E-state index contributed by atoms with van der Waals surface area (Å²) in [6.07, 6.45) is 1.16. The lowest BCUT2D eigenvalue weighted by Crippen LogP contribution is -2.28. The number of carboxylic acid groups (broad SMARTS) is 1. The molecular formula is C20H20N4O5S2. The zero-order chi connectivity index (χ0) is 22.8. The average molecular weight is 461 g/mol. The molecule has 0 radical (unpaired) electrons. The molecule has 0 amide bonds. The molecule has 1 N–H and O–H groups in total. The zero-order valence-electron chi connectivity index (χ0n) is 17.0. The van der Waals surface area contributed by atoms with Crippen LogP contribution < -0.4 is 0 Å². The Morgan fingerprint density at radius 2 is 1.61 bits per heavy atom. The Labute approximate surface area is 183 Å². The van der Waals surface area contributed by atoms with Crippen molar-refractivity contribution in [2.45, 2.75) is 29.5 Å². The zero-order valence-corrected chi connectivity index (χ0v) is 18.6. The maximum absolute atomic E-state index is 13.1.